The molecule has 3 N–H and O–H groups in total. The number of halogens is 1. The molecule has 0 bridgehead atoms. The average molecular weight is 859 g/mol. The van der Waals surface area contributed by atoms with Gasteiger partial charge in [-0.2, -0.15) is 0 Å². The Labute approximate surface area is 357 Å². The smallest absolute Gasteiger partial charge is 0.411 e. The van der Waals surface area contributed by atoms with E-state index in [1.165, 1.54) is 36.7 Å². The van der Waals surface area contributed by atoms with Crippen LogP contribution in [0.15, 0.2) is 18.5 Å². The molecule has 61 heavy (non-hydrogen) atoms. The van der Waals surface area contributed by atoms with Gasteiger partial charge in [-0.15, -0.1) is 5.10 Å². The highest BCUT2D eigenvalue weighted by Crippen LogP contribution is 2.43. The Morgan fingerprint density at radius 3 is 2.33 bits per heavy atom. The molecule has 4 rings (SSSR count). The number of cyclic esters (lactones) is 1. The van der Waals surface area contributed by atoms with Crippen molar-refractivity contribution in [2.24, 2.45) is 17.8 Å². The van der Waals surface area contributed by atoms with Gasteiger partial charge in [0.05, 0.1) is 36.2 Å². The summed E-state index contributed by atoms with van der Waals surface area (Å²) in [6.45, 7) is 14.0. The van der Waals surface area contributed by atoms with E-state index in [1.54, 1.807) is 61.0 Å². The van der Waals surface area contributed by atoms with Crippen LogP contribution >= 0.6 is 0 Å². The van der Waals surface area contributed by atoms with E-state index in [0.29, 0.717) is 17.8 Å². The second kappa shape index (κ2) is 20.1. The number of amides is 1. The first-order chi connectivity index (χ1) is 28.6. The maximum absolute atomic E-state index is 16.9. The minimum atomic E-state index is -3.23. The Bertz CT molecular complexity index is 1940. The number of nitrogens with zero attached hydrogens (tertiary/aromatic N) is 7. The van der Waals surface area contributed by atoms with Gasteiger partial charge < -0.3 is 39.4 Å². The summed E-state index contributed by atoms with van der Waals surface area (Å²) in [5.41, 5.74) is 0.193. The largest absolute Gasteiger partial charge is 0.455 e. The number of rotatable bonds is 13. The number of carbonyl (C=O) groups excluding carboxylic acids is 4. The van der Waals surface area contributed by atoms with Crippen LogP contribution in [0.5, 0.6) is 0 Å². The lowest BCUT2D eigenvalue weighted by Crippen LogP contribution is -2.61. The molecule has 18 nitrogen and oxygen atoms in total. The first-order valence-electron chi connectivity index (χ1n) is 20.7. The maximum atomic E-state index is 16.9. The van der Waals surface area contributed by atoms with Crippen LogP contribution in [0.3, 0.4) is 0 Å². The van der Waals surface area contributed by atoms with Crippen molar-refractivity contribution in [3.05, 3.63) is 18.5 Å². The number of alkyl halides is 1. The van der Waals surface area contributed by atoms with Gasteiger partial charge in [0.15, 0.2) is 17.7 Å². The second-order valence-corrected chi connectivity index (χ2v) is 16.7. The predicted octanol–water partition coefficient (Wildman–Crippen LogP) is 3.25. The van der Waals surface area contributed by atoms with Crippen LogP contribution in [0.25, 0.3) is 11.4 Å². The Kier molecular flexibility index (Phi) is 16.1. The number of nitrogen functional groups attached to an aromatic ring is 1. The number of nitrogens with two attached hydrogens (primary N) is 1. The van der Waals surface area contributed by atoms with Crippen LogP contribution < -0.4 is 5.73 Å². The number of methoxy groups -OCH3 is 1. The van der Waals surface area contributed by atoms with E-state index in [1.807, 2.05) is 11.8 Å². The molecule has 2 aromatic rings. The highest BCUT2D eigenvalue weighted by Gasteiger charge is 2.61. The van der Waals surface area contributed by atoms with Crippen molar-refractivity contribution >= 4 is 29.6 Å². The lowest BCUT2D eigenvalue weighted by Gasteiger charge is -2.45. The van der Waals surface area contributed by atoms with Gasteiger partial charge in [0.25, 0.3) is 5.67 Å². The number of carbonyl (C=O) groups is 4. The van der Waals surface area contributed by atoms with Crippen molar-refractivity contribution in [2.75, 3.05) is 40.1 Å². The number of ether oxygens (including phenoxy) is 5. The third-order valence-corrected chi connectivity index (χ3v) is 12.1. The van der Waals surface area contributed by atoms with E-state index in [4.69, 9.17) is 29.4 Å². The number of ketones is 2. The average Bonchev–Trinajstić information content (AvgIpc) is 3.79. The highest BCUT2D eigenvalue weighted by molar-refractivity contribution is 6.08. The molecule has 2 aliphatic heterocycles. The van der Waals surface area contributed by atoms with E-state index in [9.17, 15) is 24.3 Å². The van der Waals surface area contributed by atoms with Gasteiger partial charge in [0, 0.05) is 43.7 Å². The van der Waals surface area contributed by atoms with Gasteiger partial charge in [-0.05, 0) is 67.1 Å². The molecule has 12 atom stereocenters. The molecule has 2 unspecified atom stereocenters. The lowest BCUT2D eigenvalue weighted by atomic mass is 9.73. The second-order valence-electron chi connectivity index (χ2n) is 16.7. The molecule has 0 spiro atoms. The molecular formula is C42H63FN8O10. The molecular weight excluding hydrogens is 796 g/mol. The molecule has 1 amide bonds. The minimum absolute atomic E-state index is 0.0281. The van der Waals surface area contributed by atoms with E-state index >= 15 is 4.39 Å². The number of likely N-dealkylation sites (N-methyl/N-ethyl adjacent to an activating group) is 1. The quantitative estimate of drug-likeness (QED) is 0.128. The van der Waals surface area contributed by atoms with Gasteiger partial charge in [-0.3, -0.25) is 14.5 Å². The topological polar surface area (TPSA) is 224 Å². The normalized spacial score (nSPS) is 31.7. The van der Waals surface area contributed by atoms with Crippen molar-refractivity contribution in [3.8, 4) is 23.2 Å². The van der Waals surface area contributed by atoms with Gasteiger partial charge >= 0.3 is 12.1 Å². The summed E-state index contributed by atoms with van der Waals surface area (Å²) in [5.74, 6) is -0.161. The summed E-state index contributed by atoms with van der Waals surface area (Å²) in [6.07, 6.45) is -2.43. The Morgan fingerprint density at radius 1 is 1.07 bits per heavy atom. The molecule has 4 heterocycles. The number of hydrogen-bond donors (Lipinski definition) is 2. The van der Waals surface area contributed by atoms with E-state index in [0.717, 1.165) is 6.92 Å². The maximum Gasteiger partial charge on any atom is 0.411 e. The summed E-state index contributed by atoms with van der Waals surface area (Å²) < 4.78 is 48.7. The van der Waals surface area contributed by atoms with Crippen molar-refractivity contribution in [3.63, 3.8) is 0 Å². The third kappa shape index (κ3) is 10.4. The Morgan fingerprint density at radius 2 is 1.74 bits per heavy atom. The van der Waals surface area contributed by atoms with E-state index < -0.39 is 89.2 Å². The van der Waals surface area contributed by atoms with Crippen LogP contribution in [-0.2, 0) is 44.6 Å². The fourth-order valence-electron chi connectivity index (χ4n) is 8.75. The fraction of sp³-hybridized carbons (Fsp3) is 0.714. The molecule has 0 saturated carbocycles. The molecule has 0 aliphatic carbocycles. The van der Waals surface area contributed by atoms with Crippen molar-refractivity contribution in [1.82, 2.24) is 34.8 Å². The molecule has 19 heteroatoms. The highest BCUT2D eigenvalue weighted by atomic mass is 19.1. The summed E-state index contributed by atoms with van der Waals surface area (Å²) in [6, 6.07) is 0.129. The van der Waals surface area contributed by atoms with Crippen LogP contribution in [0.4, 0.5) is 15.1 Å². The first-order valence-corrected chi connectivity index (χ1v) is 20.7. The van der Waals surface area contributed by atoms with Gasteiger partial charge in [-0.25, -0.2) is 28.6 Å². The van der Waals surface area contributed by atoms with Gasteiger partial charge in [-0.1, -0.05) is 51.7 Å². The first kappa shape index (κ1) is 49.0. The van der Waals surface area contributed by atoms with Crippen molar-refractivity contribution < 1.29 is 52.4 Å². The number of aromatic nitrogens is 5. The van der Waals surface area contributed by atoms with E-state index in [2.05, 4.69) is 32.1 Å². The minimum Gasteiger partial charge on any atom is -0.455 e. The van der Waals surface area contributed by atoms with Crippen molar-refractivity contribution in [2.45, 2.75) is 142 Å². The number of fused-ring (bicyclic) bond motifs is 1. The molecule has 2 fully saturated rings. The van der Waals surface area contributed by atoms with Crippen LogP contribution in [0, 0.1) is 29.6 Å². The number of anilines is 1. The third-order valence-electron chi connectivity index (χ3n) is 12.1. The van der Waals surface area contributed by atoms with Crippen LogP contribution in [0.2, 0.25) is 0 Å². The monoisotopic (exact) mass is 858 g/mol. The molecule has 2 aromatic heterocycles. The zero-order chi connectivity index (χ0) is 45.6. The fourth-order valence-corrected chi connectivity index (χ4v) is 8.75. The number of esters is 1. The summed E-state index contributed by atoms with van der Waals surface area (Å²) in [7, 11) is 4.96. The molecule has 2 aliphatic rings. The number of aliphatic hydroxyl groups excluding tert-OH is 1. The summed E-state index contributed by atoms with van der Waals surface area (Å²) in [4.78, 5) is 67.8. The van der Waals surface area contributed by atoms with E-state index in [-0.39, 0.29) is 44.3 Å². The van der Waals surface area contributed by atoms with Crippen LogP contribution in [0.1, 0.15) is 81.6 Å². The van der Waals surface area contributed by atoms with Gasteiger partial charge in [0.2, 0.25) is 5.95 Å². The molecule has 0 radical (unpaired) electrons. The molecule has 0 aromatic carbocycles. The van der Waals surface area contributed by atoms with Gasteiger partial charge in [0.1, 0.15) is 30.2 Å². The zero-order valence-corrected chi connectivity index (χ0v) is 37.4. The van der Waals surface area contributed by atoms with Crippen LogP contribution in [-0.4, -0.2) is 151 Å². The molecule has 2 saturated heterocycles. The van der Waals surface area contributed by atoms with Crippen molar-refractivity contribution in [1.29, 1.82) is 0 Å². The summed E-state index contributed by atoms with van der Waals surface area (Å²) in [5, 5.41) is 19.8. The predicted molar refractivity (Wildman–Crippen MR) is 220 cm³/mol. The Balaban J connectivity index is 1.75. The number of aliphatic hydroxyl groups is 1. The summed E-state index contributed by atoms with van der Waals surface area (Å²) >= 11 is 0. The zero-order valence-electron chi connectivity index (χ0n) is 37.4. The number of hydrogen-bond acceptors (Lipinski definition) is 16. The SMILES string of the molecule is CCO[C@@H](O[C@@H]1[C@@H](C)C(=O)[C@](C)(F)C(=O)O[C@H](CC)[C@@]2(C)OC(=O)N(CC#CCn3cc(-c4ccnc(N)n4)nn3)[C@@H]2[C@@H](C)C(=O)[C@H](C)C[C@@]1(C)OC)C(O)C(CC)N(C)C. The Hall–Kier alpha value is -4.61. The molecule has 338 valence electrons. The number of Topliss-reactive ketones (excluding diaryl/α,β-unsaturated/α-hetero) is 2. The lowest BCUT2D eigenvalue weighted by molar-refractivity contribution is -0.266. The standard InChI is InChI=1S/C42H63FN8O10/c1-13-29(49(10)11)32(53)36(58-15-3)60-35-26(6)34(54)41(8,43)37(55)59-30(14-2)42(9)33(25(5)31(52)24(4)22-40(35,7)57-12)51(39(56)61-42)21-17-16-20-50-23-28(47-48-50)27-18-19-45-38(44)46-27/h18-19,23-26,29-30,32-33,35-36,53H,13-15,20-22H2,1-12H3,(H2,44,45,46)/t24-,25+,26+,29?,30-,32?,33-,35-,36+,40-,41+,42-/m1/s1.